The molecule has 0 aliphatic heterocycles. The fourth-order valence-corrected chi connectivity index (χ4v) is 4.14. The molecule has 2 aliphatic rings. The van der Waals surface area contributed by atoms with E-state index in [1.807, 2.05) is 56.3 Å². The highest BCUT2D eigenvalue weighted by atomic mass is 16.2. The minimum Gasteiger partial charge on any atom is -0.353 e. The molecule has 2 saturated carbocycles. The molecule has 0 radical (unpaired) electrons. The van der Waals surface area contributed by atoms with Crippen molar-refractivity contribution in [3.63, 3.8) is 0 Å². The number of carbonyl (C=O) groups excluding carboxylic acids is 2. The molecule has 0 spiro atoms. The lowest BCUT2D eigenvalue weighted by atomic mass is 10.1. The Morgan fingerprint density at radius 1 is 1.10 bits per heavy atom. The lowest BCUT2D eigenvalue weighted by molar-refractivity contribution is -0.143. The molecule has 1 aromatic heterocycles. The van der Waals surface area contributed by atoms with Crippen LogP contribution in [-0.4, -0.2) is 44.8 Å². The van der Waals surface area contributed by atoms with Crippen LogP contribution >= 0.6 is 0 Å². The predicted octanol–water partition coefficient (Wildman–Crippen LogP) is 3.56. The minimum absolute atomic E-state index is 0.00912. The van der Waals surface area contributed by atoms with Crippen LogP contribution < -0.4 is 0 Å². The van der Waals surface area contributed by atoms with Gasteiger partial charge in [0.2, 0.25) is 11.8 Å². The second-order valence-corrected chi connectivity index (χ2v) is 8.78. The van der Waals surface area contributed by atoms with Crippen molar-refractivity contribution in [3.8, 4) is 0 Å². The Morgan fingerprint density at radius 2 is 1.83 bits per heavy atom. The summed E-state index contributed by atoms with van der Waals surface area (Å²) in [5.74, 6) is 0.488. The summed E-state index contributed by atoms with van der Waals surface area (Å²) in [7, 11) is 2.01. The summed E-state index contributed by atoms with van der Waals surface area (Å²) < 4.78 is 2.06. The quantitative estimate of drug-likeness (QED) is 0.688. The highest BCUT2D eigenvalue weighted by Crippen LogP contribution is 2.48. The van der Waals surface area contributed by atoms with Gasteiger partial charge in [-0.25, -0.2) is 0 Å². The van der Waals surface area contributed by atoms with Gasteiger partial charge in [0.25, 0.3) is 0 Å². The number of rotatable bonds is 8. The van der Waals surface area contributed by atoms with Gasteiger partial charge < -0.3 is 14.4 Å². The van der Waals surface area contributed by atoms with Crippen molar-refractivity contribution in [2.75, 3.05) is 6.54 Å². The Hall–Kier alpha value is -2.56. The zero-order valence-corrected chi connectivity index (χ0v) is 17.6. The Kier molecular flexibility index (Phi) is 5.48. The van der Waals surface area contributed by atoms with Gasteiger partial charge in [0.1, 0.15) is 6.54 Å². The minimum atomic E-state index is 0.00912. The van der Waals surface area contributed by atoms with Crippen molar-refractivity contribution in [3.05, 3.63) is 59.9 Å². The molecule has 2 aromatic rings. The molecular formula is C24H31N3O2. The van der Waals surface area contributed by atoms with E-state index in [1.54, 1.807) is 4.90 Å². The summed E-state index contributed by atoms with van der Waals surface area (Å²) >= 11 is 0. The van der Waals surface area contributed by atoms with E-state index in [9.17, 15) is 9.59 Å². The van der Waals surface area contributed by atoms with E-state index < -0.39 is 0 Å². The summed E-state index contributed by atoms with van der Waals surface area (Å²) in [5.41, 5.74) is 2.35. The lowest BCUT2D eigenvalue weighted by Gasteiger charge is -2.30. The molecule has 1 aromatic carbocycles. The number of benzene rings is 1. The molecular weight excluding hydrogens is 362 g/mol. The number of aryl methyl sites for hydroxylation is 1. The molecule has 0 bridgehead atoms. The Morgan fingerprint density at radius 3 is 2.41 bits per heavy atom. The van der Waals surface area contributed by atoms with Crippen molar-refractivity contribution in [1.82, 2.24) is 14.4 Å². The zero-order valence-electron chi connectivity index (χ0n) is 17.6. The average molecular weight is 394 g/mol. The van der Waals surface area contributed by atoms with Gasteiger partial charge in [0.15, 0.2) is 0 Å². The Bertz CT molecular complexity index is 869. The van der Waals surface area contributed by atoms with Crippen molar-refractivity contribution >= 4 is 11.8 Å². The Labute approximate surface area is 173 Å². The third-order valence-corrected chi connectivity index (χ3v) is 6.24. The number of amides is 2. The van der Waals surface area contributed by atoms with Gasteiger partial charge in [0, 0.05) is 36.9 Å². The molecule has 2 fully saturated rings. The van der Waals surface area contributed by atoms with Crippen LogP contribution in [0.3, 0.4) is 0 Å². The lowest BCUT2D eigenvalue weighted by Crippen LogP contribution is -2.47. The summed E-state index contributed by atoms with van der Waals surface area (Å²) in [4.78, 5) is 30.2. The van der Waals surface area contributed by atoms with Gasteiger partial charge >= 0.3 is 0 Å². The maximum absolute atomic E-state index is 13.2. The van der Waals surface area contributed by atoms with Gasteiger partial charge in [-0.2, -0.15) is 0 Å². The van der Waals surface area contributed by atoms with E-state index in [1.165, 1.54) is 5.56 Å². The van der Waals surface area contributed by atoms with Crippen molar-refractivity contribution in [1.29, 1.82) is 0 Å². The number of hydrogen-bond donors (Lipinski definition) is 0. The molecule has 0 saturated heterocycles. The van der Waals surface area contributed by atoms with Crippen LogP contribution in [0.5, 0.6) is 0 Å². The first-order valence-corrected chi connectivity index (χ1v) is 10.7. The fraction of sp³-hybridized carbons (Fsp3) is 0.500. The van der Waals surface area contributed by atoms with E-state index in [2.05, 4.69) is 22.8 Å². The van der Waals surface area contributed by atoms with Crippen molar-refractivity contribution < 1.29 is 9.59 Å². The molecule has 4 rings (SSSR count). The number of carbonyl (C=O) groups is 2. The average Bonchev–Trinajstić information content (AvgIpc) is 3.63. The van der Waals surface area contributed by atoms with E-state index >= 15 is 0 Å². The Balaban J connectivity index is 1.42. The zero-order chi connectivity index (χ0) is 20.5. The van der Waals surface area contributed by atoms with Gasteiger partial charge in [-0.1, -0.05) is 30.3 Å². The van der Waals surface area contributed by atoms with Crippen molar-refractivity contribution in [2.24, 2.45) is 13.0 Å². The van der Waals surface area contributed by atoms with Crippen LogP contribution in [0.25, 0.3) is 0 Å². The smallest absolute Gasteiger partial charge is 0.242 e. The maximum atomic E-state index is 13.2. The third kappa shape index (κ3) is 4.39. The van der Waals surface area contributed by atoms with Gasteiger partial charge in [-0.15, -0.1) is 0 Å². The molecule has 154 valence electrons. The van der Waals surface area contributed by atoms with E-state index in [4.69, 9.17) is 0 Å². The summed E-state index contributed by atoms with van der Waals surface area (Å²) in [6.45, 7) is 4.80. The highest BCUT2D eigenvalue weighted by Gasteiger charge is 2.46. The topological polar surface area (TPSA) is 45.6 Å². The summed E-state index contributed by atoms with van der Waals surface area (Å²) in [5, 5.41) is 0. The molecule has 2 atom stereocenters. The normalized spacial score (nSPS) is 20.6. The number of aromatic nitrogens is 1. The molecule has 29 heavy (non-hydrogen) atoms. The van der Waals surface area contributed by atoms with Crippen LogP contribution in [0.15, 0.2) is 48.7 Å². The number of nitrogens with zero attached hydrogens (tertiary/aromatic N) is 3. The SMILES string of the molecule is CC(C)N(CC(=O)N(Cc1cccn1C)C1CC1)C(=O)[C@H]1C[C@H]1c1ccccc1. The standard InChI is InChI=1S/C24H31N3O2/c1-17(2)26(24(29)22-14-21(22)18-8-5-4-6-9-18)16-23(28)27(19-11-12-19)15-20-10-7-13-25(20)3/h4-10,13,17,19,21-22H,11-12,14-16H2,1-3H3/t21-,22-/m0/s1. The molecule has 0 N–H and O–H groups in total. The number of hydrogen-bond acceptors (Lipinski definition) is 2. The second-order valence-electron chi connectivity index (χ2n) is 8.78. The molecule has 5 nitrogen and oxygen atoms in total. The van der Waals surface area contributed by atoms with E-state index in [0.717, 1.165) is 25.0 Å². The third-order valence-electron chi connectivity index (χ3n) is 6.24. The van der Waals surface area contributed by atoms with Crippen LogP contribution in [0.1, 0.15) is 50.3 Å². The monoisotopic (exact) mass is 393 g/mol. The first kappa shape index (κ1) is 19.7. The van der Waals surface area contributed by atoms with Crippen LogP contribution in [0, 0.1) is 5.92 Å². The maximum Gasteiger partial charge on any atom is 0.242 e. The summed E-state index contributed by atoms with van der Waals surface area (Å²) in [6.07, 6.45) is 5.01. The first-order valence-electron chi connectivity index (χ1n) is 10.7. The largest absolute Gasteiger partial charge is 0.353 e. The van der Waals surface area contributed by atoms with E-state index in [-0.39, 0.29) is 30.3 Å². The van der Waals surface area contributed by atoms with E-state index in [0.29, 0.717) is 18.5 Å². The van der Waals surface area contributed by atoms with Gasteiger partial charge in [-0.3, -0.25) is 9.59 Å². The molecule has 0 unspecified atom stereocenters. The van der Waals surface area contributed by atoms with Crippen LogP contribution in [0.2, 0.25) is 0 Å². The summed E-state index contributed by atoms with van der Waals surface area (Å²) in [6, 6.07) is 14.6. The molecule has 5 heteroatoms. The molecule has 2 amide bonds. The van der Waals surface area contributed by atoms with Crippen molar-refractivity contribution in [2.45, 2.75) is 57.7 Å². The molecule has 2 aliphatic carbocycles. The fourth-order valence-electron chi connectivity index (χ4n) is 4.14. The van der Waals surface area contributed by atoms with Crippen LogP contribution in [0.4, 0.5) is 0 Å². The predicted molar refractivity (Wildman–Crippen MR) is 113 cm³/mol. The molecule has 1 heterocycles. The first-order chi connectivity index (χ1) is 14.0. The van der Waals surface area contributed by atoms with Gasteiger partial charge in [-0.05, 0) is 56.7 Å². The highest BCUT2D eigenvalue weighted by molar-refractivity contribution is 5.88. The van der Waals surface area contributed by atoms with Crippen LogP contribution in [-0.2, 0) is 23.2 Å². The second kappa shape index (κ2) is 8.05. The van der Waals surface area contributed by atoms with Gasteiger partial charge in [0.05, 0.1) is 6.54 Å².